The number of rotatable bonds is 33. The van der Waals surface area contributed by atoms with Crippen LogP contribution in [0.4, 0.5) is 0 Å². The molecule has 0 heterocycles. The normalized spacial score (nSPS) is 11.2. The van der Waals surface area contributed by atoms with Crippen molar-refractivity contribution in [1.29, 1.82) is 0 Å². The van der Waals surface area contributed by atoms with Crippen molar-refractivity contribution in [2.45, 2.75) is 191 Å². The van der Waals surface area contributed by atoms with Crippen molar-refractivity contribution in [2.75, 3.05) is 0 Å². The largest absolute Gasteiger partial charge is 3.00 e. The van der Waals surface area contributed by atoms with E-state index in [1.165, 1.54) is 96.3 Å². The van der Waals surface area contributed by atoms with E-state index in [0.717, 1.165) is 71.9 Å². The molecule has 6 rings (SSSR count). The van der Waals surface area contributed by atoms with E-state index in [1.54, 1.807) is 0 Å². The van der Waals surface area contributed by atoms with Crippen LogP contribution in [0.25, 0.3) is 0 Å². The molecule has 0 bridgehead atoms. The summed E-state index contributed by atoms with van der Waals surface area (Å²) in [6, 6.07) is 57.2. The number of carboxylic acid groups (broad SMARTS) is 3. The third kappa shape index (κ3) is 19.6. The van der Waals surface area contributed by atoms with Gasteiger partial charge in [0, 0.05) is 0 Å². The monoisotopic (exact) mass is 1220 g/mol. The topological polar surface area (TPSA) is 120 Å². The standard InChI is InChI=1S/3C23H30O2.Bi/c3*1-2-3-4-5-6-7-14-19-23(22(24)25,20-15-10-8-11-16-20)21-17-12-9-13-18-21;/h3*8-13,15-18H,2-7,14,19H2,1H3,(H,24,25);/q;;;+3/p-3. The van der Waals surface area contributed by atoms with Crippen LogP contribution in [0.15, 0.2) is 182 Å². The number of hydrogen-bond acceptors (Lipinski definition) is 6. The molecule has 0 fully saturated rings. The van der Waals surface area contributed by atoms with Gasteiger partial charge in [-0.3, -0.25) is 0 Å². The minimum absolute atomic E-state index is 0. The first kappa shape index (κ1) is 64.9. The van der Waals surface area contributed by atoms with Gasteiger partial charge in [0.25, 0.3) is 0 Å². The van der Waals surface area contributed by atoms with Crippen LogP contribution in [-0.4, -0.2) is 44.1 Å². The van der Waals surface area contributed by atoms with E-state index in [0.29, 0.717) is 19.3 Å². The van der Waals surface area contributed by atoms with Crippen LogP contribution in [0.2, 0.25) is 0 Å². The molecule has 0 aromatic heterocycles. The number of benzene rings is 6. The molecule has 0 aliphatic rings. The maximum Gasteiger partial charge on any atom is 3.00 e. The molecule has 0 aliphatic carbocycles. The second kappa shape index (κ2) is 37.4. The maximum atomic E-state index is 12.3. The van der Waals surface area contributed by atoms with E-state index in [1.807, 2.05) is 182 Å². The molecule has 0 spiro atoms. The van der Waals surface area contributed by atoms with Gasteiger partial charge in [0.1, 0.15) is 0 Å². The zero-order valence-electron chi connectivity index (χ0n) is 46.2. The van der Waals surface area contributed by atoms with Gasteiger partial charge < -0.3 is 29.7 Å². The van der Waals surface area contributed by atoms with Gasteiger partial charge >= 0.3 is 26.2 Å². The SMILES string of the molecule is CCCCCCCCCC(C(=O)[O-])(c1ccccc1)c1ccccc1.CCCCCCCCCC(C(=O)[O-])(c1ccccc1)c1ccccc1.CCCCCCCCCC(C(=O)[O-])(c1ccccc1)c1ccccc1.[Bi+3]. The fourth-order valence-electron chi connectivity index (χ4n) is 10.8. The molecular weight excluding hydrogens is 1130 g/mol. The van der Waals surface area contributed by atoms with Crippen LogP contribution < -0.4 is 15.3 Å². The van der Waals surface area contributed by atoms with Crippen LogP contribution in [0.1, 0.15) is 208 Å². The maximum absolute atomic E-state index is 12.3. The van der Waals surface area contributed by atoms with Gasteiger partial charge in [-0.05, 0) is 52.6 Å². The molecule has 2 radical (unpaired) electrons. The van der Waals surface area contributed by atoms with Gasteiger partial charge in [0.15, 0.2) is 0 Å². The molecular formula is C69H87BiO6. The number of carbonyl (C=O) groups is 3. The van der Waals surface area contributed by atoms with E-state index in [-0.39, 0.29) is 26.2 Å². The minimum atomic E-state index is -1.06. The molecule has 76 heavy (non-hydrogen) atoms. The Labute approximate surface area is 477 Å². The molecule has 0 saturated heterocycles. The Morgan fingerprint density at radius 3 is 0.553 bits per heavy atom. The van der Waals surface area contributed by atoms with Crippen LogP contribution in [0.3, 0.4) is 0 Å². The second-order valence-corrected chi connectivity index (χ2v) is 20.4. The molecule has 0 saturated carbocycles. The van der Waals surface area contributed by atoms with Gasteiger partial charge in [-0.1, -0.05) is 338 Å². The predicted molar refractivity (Wildman–Crippen MR) is 310 cm³/mol. The van der Waals surface area contributed by atoms with Gasteiger partial charge in [0.2, 0.25) is 0 Å². The minimum Gasteiger partial charge on any atom is -0.549 e. The van der Waals surface area contributed by atoms with E-state index < -0.39 is 34.2 Å². The summed E-state index contributed by atoms with van der Waals surface area (Å²) in [5.41, 5.74) is 1.68. The summed E-state index contributed by atoms with van der Waals surface area (Å²) in [7, 11) is 0. The van der Waals surface area contributed by atoms with Crippen LogP contribution >= 0.6 is 0 Å². The zero-order valence-corrected chi connectivity index (χ0v) is 49.7. The number of carboxylic acids is 3. The van der Waals surface area contributed by atoms with Crippen molar-refractivity contribution in [3.05, 3.63) is 215 Å². The Hall–Kier alpha value is -5.39. The second-order valence-electron chi connectivity index (χ2n) is 20.4. The molecule has 404 valence electrons. The van der Waals surface area contributed by atoms with Gasteiger partial charge in [-0.15, -0.1) is 0 Å². The Morgan fingerprint density at radius 1 is 0.263 bits per heavy atom. The average Bonchev–Trinajstić information content (AvgIpc) is 3.45. The Kier molecular flexibility index (Phi) is 31.9. The quantitative estimate of drug-likeness (QED) is 0.0299. The summed E-state index contributed by atoms with van der Waals surface area (Å²) in [4.78, 5) is 36.9. The third-order valence-corrected chi connectivity index (χ3v) is 15.1. The molecule has 0 unspecified atom stereocenters. The molecule has 6 nitrogen and oxygen atoms in total. The summed E-state index contributed by atoms with van der Waals surface area (Å²) in [5, 5.41) is 36.9. The number of carbonyl (C=O) groups excluding carboxylic acids is 3. The summed E-state index contributed by atoms with van der Waals surface area (Å²) in [6.45, 7) is 6.65. The Bertz CT molecular complexity index is 2020. The van der Waals surface area contributed by atoms with E-state index >= 15 is 0 Å². The molecule has 0 aliphatic heterocycles. The van der Waals surface area contributed by atoms with Gasteiger partial charge in [0.05, 0.1) is 34.2 Å². The smallest absolute Gasteiger partial charge is 0.549 e. The molecule has 6 aromatic carbocycles. The van der Waals surface area contributed by atoms with E-state index in [2.05, 4.69) is 20.8 Å². The van der Waals surface area contributed by atoms with Crippen LogP contribution in [-0.2, 0) is 30.6 Å². The summed E-state index contributed by atoms with van der Waals surface area (Å²) >= 11 is 0. The first-order valence-electron chi connectivity index (χ1n) is 28.6. The number of unbranched alkanes of at least 4 members (excludes halogenated alkanes) is 18. The van der Waals surface area contributed by atoms with Crippen molar-refractivity contribution >= 4 is 44.1 Å². The first-order chi connectivity index (χ1) is 36.6. The van der Waals surface area contributed by atoms with Crippen molar-refractivity contribution in [2.24, 2.45) is 0 Å². The third-order valence-electron chi connectivity index (χ3n) is 15.1. The van der Waals surface area contributed by atoms with Crippen molar-refractivity contribution < 1.29 is 29.7 Å². The van der Waals surface area contributed by atoms with Crippen molar-refractivity contribution in [3.8, 4) is 0 Å². The zero-order chi connectivity index (χ0) is 53.9. The molecule has 0 N–H and O–H groups in total. The fraction of sp³-hybridized carbons (Fsp3) is 0.435. The molecule has 0 amide bonds. The molecule has 6 aromatic rings. The summed E-state index contributed by atoms with van der Waals surface area (Å²) in [6.07, 6.45) is 26.3. The number of aliphatic carboxylic acids is 3. The molecule has 0 atom stereocenters. The van der Waals surface area contributed by atoms with Crippen LogP contribution in [0.5, 0.6) is 0 Å². The summed E-state index contributed by atoms with van der Waals surface area (Å²) in [5.74, 6) is -3.01. The van der Waals surface area contributed by atoms with E-state index in [9.17, 15) is 29.7 Å². The van der Waals surface area contributed by atoms with Crippen molar-refractivity contribution in [3.63, 3.8) is 0 Å². The van der Waals surface area contributed by atoms with Crippen molar-refractivity contribution in [1.82, 2.24) is 0 Å². The van der Waals surface area contributed by atoms with E-state index in [4.69, 9.17) is 0 Å². The van der Waals surface area contributed by atoms with Gasteiger partial charge in [-0.2, -0.15) is 0 Å². The predicted octanol–water partition coefficient (Wildman–Crippen LogP) is 14.2. The average molecular weight is 1220 g/mol. The Morgan fingerprint density at radius 2 is 0.408 bits per heavy atom. The van der Waals surface area contributed by atoms with Crippen LogP contribution in [0, 0.1) is 0 Å². The Balaban J connectivity index is 0.000000298. The first-order valence-corrected chi connectivity index (χ1v) is 28.6. The van der Waals surface area contributed by atoms with Gasteiger partial charge in [-0.25, -0.2) is 0 Å². The summed E-state index contributed by atoms with van der Waals surface area (Å²) < 4.78 is 0. The fourth-order valence-corrected chi connectivity index (χ4v) is 10.8. The number of hydrogen-bond donors (Lipinski definition) is 0. The molecule has 7 heteroatoms.